The molecule has 0 amide bonds. The summed E-state index contributed by atoms with van der Waals surface area (Å²) in [5.41, 5.74) is 1.36. The Bertz CT molecular complexity index is 782. The number of esters is 1. The summed E-state index contributed by atoms with van der Waals surface area (Å²) in [5, 5.41) is 0.330. The Labute approximate surface area is 140 Å². The second-order valence-corrected chi connectivity index (χ2v) is 5.83. The minimum absolute atomic E-state index is 0.0417. The maximum absolute atomic E-state index is 12.0. The number of cyclic esters (lactones) is 1. The van der Waals surface area contributed by atoms with Gasteiger partial charge in [-0.3, -0.25) is 0 Å². The van der Waals surface area contributed by atoms with E-state index in [0.717, 1.165) is 5.56 Å². The van der Waals surface area contributed by atoms with Gasteiger partial charge in [0.25, 0.3) is 0 Å². The van der Waals surface area contributed by atoms with Crippen molar-refractivity contribution in [3.63, 3.8) is 0 Å². The largest absolute Gasteiger partial charge is 0.422 e. The number of benzene rings is 2. The van der Waals surface area contributed by atoms with E-state index in [9.17, 15) is 4.79 Å². The molecule has 0 fully saturated rings. The Kier molecular flexibility index (Phi) is 3.89. The van der Waals surface area contributed by atoms with Crippen molar-refractivity contribution < 1.29 is 9.53 Å². The number of carbonyl (C=O) groups excluding carboxylic acids is 1. The molecule has 0 unspecified atom stereocenters. The Morgan fingerprint density at radius 1 is 0.810 bits per heavy atom. The molecule has 0 spiro atoms. The number of rotatable bonds is 1. The van der Waals surface area contributed by atoms with Gasteiger partial charge in [0.1, 0.15) is 5.76 Å². The predicted octanol–water partition coefficient (Wildman–Crippen LogP) is 5.97. The summed E-state index contributed by atoms with van der Waals surface area (Å²) in [6.45, 7) is 0. The molecule has 0 N–H and O–H groups in total. The molecule has 2 aromatic rings. The van der Waals surface area contributed by atoms with Crippen LogP contribution in [0.25, 0.3) is 11.8 Å². The lowest BCUT2D eigenvalue weighted by atomic mass is 10.1. The maximum Gasteiger partial charge on any atom is 0.345 e. The van der Waals surface area contributed by atoms with Crippen LogP contribution in [0.2, 0.25) is 20.1 Å². The summed E-state index contributed by atoms with van der Waals surface area (Å²) in [7, 11) is 0. The van der Waals surface area contributed by atoms with Gasteiger partial charge in [-0.25, -0.2) is 4.79 Å². The molecule has 0 radical (unpaired) electrons. The van der Waals surface area contributed by atoms with E-state index < -0.39 is 5.97 Å². The molecule has 3 rings (SSSR count). The van der Waals surface area contributed by atoms with Gasteiger partial charge >= 0.3 is 5.97 Å². The quantitative estimate of drug-likeness (QED) is 0.356. The highest BCUT2D eigenvalue weighted by Crippen LogP contribution is 2.47. The Morgan fingerprint density at radius 3 is 2.00 bits per heavy atom. The van der Waals surface area contributed by atoms with Crippen LogP contribution < -0.4 is 0 Å². The minimum Gasteiger partial charge on any atom is -0.422 e. The third kappa shape index (κ3) is 2.43. The molecular formula is C15H6Cl4O2. The summed E-state index contributed by atoms with van der Waals surface area (Å²) < 4.78 is 5.24. The molecule has 0 bridgehead atoms. The van der Waals surface area contributed by atoms with E-state index in [1.165, 1.54) is 0 Å². The first-order valence-electron chi connectivity index (χ1n) is 5.86. The van der Waals surface area contributed by atoms with E-state index >= 15 is 0 Å². The summed E-state index contributed by atoms with van der Waals surface area (Å²) in [4.78, 5) is 12.0. The number of hydrogen-bond acceptors (Lipinski definition) is 2. The molecule has 2 nitrogen and oxygen atoms in total. The number of hydrogen-bond donors (Lipinski definition) is 0. The molecule has 0 saturated heterocycles. The Balaban J connectivity index is 2.25. The highest BCUT2D eigenvalue weighted by molar-refractivity contribution is 6.53. The van der Waals surface area contributed by atoms with E-state index in [1.807, 2.05) is 30.3 Å². The third-order valence-electron chi connectivity index (χ3n) is 3.02. The SMILES string of the molecule is O=C1O/C(=C\c2ccccc2)c2c(Cl)c(Cl)c(Cl)c(Cl)c21. The van der Waals surface area contributed by atoms with Crippen LogP contribution in [0.5, 0.6) is 0 Å². The molecule has 0 saturated carbocycles. The second-order valence-electron chi connectivity index (χ2n) is 4.31. The van der Waals surface area contributed by atoms with Crippen LogP contribution in [-0.4, -0.2) is 5.97 Å². The van der Waals surface area contributed by atoms with Crippen molar-refractivity contribution in [3.8, 4) is 0 Å². The molecule has 1 aliphatic heterocycles. The van der Waals surface area contributed by atoms with Gasteiger partial charge in [0, 0.05) is 0 Å². The van der Waals surface area contributed by atoms with Crippen LogP contribution in [0.1, 0.15) is 21.5 Å². The molecule has 106 valence electrons. The van der Waals surface area contributed by atoms with Crippen LogP contribution >= 0.6 is 46.4 Å². The van der Waals surface area contributed by atoms with Gasteiger partial charge in [-0.15, -0.1) is 0 Å². The van der Waals surface area contributed by atoms with E-state index in [0.29, 0.717) is 11.3 Å². The van der Waals surface area contributed by atoms with Crippen LogP contribution in [0, 0.1) is 0 Å². The van der Waals surface area contributed by atoms with Gasteiger partial charge < -0.3 is 4.74 Å². The predicted molar refractivity (Wildman–Crippen MR) is 86.2 cm³/mol. The first kappa shape index (κ1) is 14.7. The molecular weight excluding hydrogens is 354 g/mol. The van der Waals surface area contributed by atoms with Crippen molar-refractivity contribution in [2.24, 2.45) is 0 Å². The van der Waals surface area contributed by atoms with Crippen LogP contribution in [0.15, 0.2) is 30.3 Å². The van der Waals surface area contributed by atoms with E-state index in [1.54, 1.807) is 6.08 Å². The van der Waals surface area contributed by atoms with Crippen LogP contribution in [-0.2, 0) is 4.74 Å². The van der Waals surface area contributed by atoms with Gasteiger partial charge in [-0.2, -0.15) is 0 Å². The molecule has 1 heterocycles. The zero-order valence-corrected chi connectivity index (χ0v) is 13.3. The highest BCUT2D eigenvalue weighted by atomic mass is 35.5. The lowest BCUT2D eigenvalue weighted by molar-refractivity contribution is 0.0717. The standard InChI is InChI=1S/C15H6Cl4O2/c16-11-9-8(6-7-4-2-1-3-5-7)21-15(20)10(9)12(17)14(19)13(11)18/h1-6H/b8-6-. The van der Waals surface area contributed by atoms with Crippen molar-refractivity contribution in [2.75, 3.05) is 0 Å². The van der Waals surface area contributed by atoms with Crippen molar-refractivity contribution in [2.45, 2.75) is 0 Å². The number of carbonyl (C=O) groups is 1. The van der Waals surface area contributed by atoms with Crippen molar-refractivity contribution in [1.29, 1.82) is 0 Å². The molecule has 2 aromatic carbocycles. The summed E-state index contributed by atoms with van der Waals surface area (Å²) >= 11 is 24.3. The summed E-state index contributed by atoms with van der Waals surface area (Å²) in [6.07, 6.45) is 1.69. The van der Waals surface area contributed by atoms with Crippen molar-refractivity contribution >= 4 is 64.2 Å². The fourth-order valence-corrected chi connectivity index (χ4v) is 3.08. The van der Waals surface area contributed by atoms with Gasteiger partial charge in [-0.05, 0) is 11.6 Å². The number of fused-ring (bicyclic) bond motifs is 1. The molecule has 6 heteroatoms. The monoisotopic (exact) mass is 358 g/mol. The lowest BCUT2D eigenvalue weighted by Crippen LogP contribution is -1.96. The highest BCUT2D eigenvalue weighted by Gasteiger charge is 2.35. The zero-order valence-electron chi connectivity index (χ0n) is 10.3. The minimum atomic E-state index is -0.599. The summed E-state index contributed by atoms with van der Waals surface area (Å²) in [6, 6.07) is 9.36. The molecule has 1 aliphatic rings. The fraction of sp³-hybridized carbons (Fsp3) is 0. The third-order valence-corrected chi connectivity index (χ3v) is 4.82. The topological polar surface area (TPSA) is 26.3 Å². The van der Waals surface area contributed by atoms with Gasteiger partial charge in [-0.1, -0.05) is 76.7 Å². The first-order valence-corrected chi connectivity index (χ1v) is 7.37. The maximum atomic E-state index is 12.0. The van der Waals surface area contributed by atoms with Crippen LogP contribution in [0.4, 0.5) is 0 Å². The molecule has 0 aromatic heterocycles. The number of ether oxygens (including phenoxy) is 1. The van der Waals surface area contributed by atoms with Gasteiger partial charge in [0.05, 0.1) is 31.2 Å². The fourth-order valence-electron chi connectivity index (χ4n) is 2.06. The average Bonchev–Trinajstić information content (AvgIpc) is 2.80. The van der Waals surface area contributed by atoms with E-state index in [4.69, 9.17) is 51.1 Å². The number of halogens is 4. The first-order chi connectivity index (χ1) is 10.0. The lowest BCUT2D eigenvalue weighted by Gasteiger charge is -2.07. The van der Waals surface area contributed by atoms with Crippen molar-refractivity contribution in [3.05, 3.63) is 67.1 Å². The van der Waals surface area contributed by atoms with E-state index in [2.05, 4.69) is 0 Å². The molecule has 0 aliphatic carbocycles. The van der Waals surface area contributed by atoms with E-state index in [-0.39, 0.29) is 25.7 Å². The smallest absolute Gasteiger partial charge is 0.345 e. The zero-order chi connectivity index (χ0) is 15.1. The normalized spacial score (nSPS) is 15.2. The second kappa shape index (κ2) is 5.54. The van der Waals surface area contributed by atoms with Gasteiger partial charge in [0.15, 0.2) is 0 Å². The molecule has 0 atom stereocenters. The average molecular weight is 360 g/mol. The van der Waals surface area contributed by atoms with Crippen molar-refractivity contribution in [1.82, 2.24) is 0 Å². The Hall–Kier alpha value is -1.19. The Morgan fingerprint density at radius 2 is 1.38 bits per heavy atom. The van der Waals surface area contributed by atoms with Gasteiger partial charge in [0.2, 0.25) is 0 Å². The summed E-state index contributed by atoms with van der Waals surface area (Å²) in [5.74, 6) is -0.302. The van der Waals surface area contributed by atoms with Crippen LogP contribution in [0.3, 0.4) is 0 Å². The molecule has 21 heavy (non-hydrogen) atoms.